The number of anilines is 3. The van der Waals surface area contributed by atoms with Gasteiger partial charge in [0.15, 0.2) is 11.5 Å². The van der Waals surface area contributed by atoms with Gasteiger partial charge in [-0.15, -0.1) is 11.6 Å². The van der Waals surface area contributed by atoms with E-state index in [2.05, 4.69) is 32.1 Å². The lowest BCUT2D eigenvalue weighted by molar-refractivity contribution is -0.140. The quantitative estimate of drug-likeness (QED) is 0.0657. The number of unbranched alkanes of at least 4 members (excludes halogenated alkanes) is 1. The van der Waals surface area contributed by atoms with Crippen LogP contribution in [-0.4, -0.2) is 74.9 Å². The Labute approximate surface area is 314 Å². The number of ether oxygens (including phenoxy) is 3. The van der Waals surface area contributed by atoms with E-state index >= 15 is 0 Å². The zero-order valence-electron chi connectivity index (χ0n) is 30.4. The van der Waals surface area contributed by atoms with E-state index in [1.165, 1.54) is 14.2 Å². The fourth-order valence-corrected chi connectivity index (χ4v) is 6.58. The molecule has 0 radical (unpaired) electrons. The smallest absolute Gasteiger partial charge is 0.305 e. The number of nitrogens with one attached hydrogen (secondary N) is 4. The van der Waals surface area contributed by atoms with Crippen LogP contribution in [0.25, 0.3) is 0 Å². The van der Waals surface area contributed by atoms with Gasteiger partial charge in [-0.25, -0.2) is 0 Å². The summed E-state index contributed by atoms with van der Waals surface area (Å²) in [5.74, 6) is -0.102. The average Bonchev–Trinajstić information content (AvgIpc) is 3.48. The molecule has 4 N–H and O–H groups in total. The van der Waals surface area contributed by atoms with Gasteiger partial charge in [-0.1, -0.05) is 24.3 Å². The van der Waals surface area contributed by atoms with Crippen LogP contribution >= 0.6 is 11.6 Å². The van der Waals surface area contributed by atoms with Crippen molar-refractivity contribution in [3.63, 3.8) is 0 Å². The molecule has 5 rings (SSSR count). The normalized spacial score (nSPS) is 16.1. The number of methoxy groups -OCH3 is 2. The molecular weight excluding hydrogens is 702 g/mol. The summed E-state index contributed by atoms with van der Waals surface area (Å²) in [7, 11) is 2.83. The fraction of sp³-hybridized carbons (Fsp3) is 0.410. The molecule has 2 aliphatic rings. The second-order valence-electron chi connectivity index (χ2n) is 13.5. The largest absolute Gasteiger partial charge is 0.493 e. The SMILES string of the molecule is COC(=O)CCCCC(=O)N[C@@](C)(C=O)CN[C@@H](C)C(=O)Nc1cc(CCl)cc(COc2cc3c(cc2OC)C(=O)N2c4ccccc4C[C@H]2CN3)c1. The molecule has 2 aliphatic heterocycles. The number of amides is 3. The molecule has 282 valence electrons. The first kappa shape index (κ1) is 39.1. The molecule has 0 aliphatic carbocycles. The molecule has 2 heterocycles. The van der Waals surface area contributed by atoms with Crippen molar-refractivity contribution in [2.45, 2.75) is 76.1 Å². The molecule has 0 unspecified atom stereocenters. The molecule has 0 saturated carbocycles. The highest BCUT2D eigenvalue weighted by Crippen LogP contribution is 2.40. The number of para-hydroxylation sites is 1. The third-order valence-corrected chi connectivity index (χ3v) is 9.65. The Hall–Kier alpha value is -5.14. The minimum absolute atomic E-state index is 0.00877. The first-order valence-corrected chi connectivity index (χ1v) is 18.1. The van der Waals surface area contributed by atoms with E-state index in [4.69, 9.17) is 21.1 Å². The second-order valence-corrected chi connectivity index (χ2v) is 13.8. The minimum Gasteiger partial charge on any atom is -0.493 e. The van der Waals surface area contributed by atoms with Gasteiger partial charge < -0.3 is 45.2 Å². The van der Waals surface area contributed by atoms with Crippen molar-refractivity contribution in [3.8, 4) is 11.5 Å². The number of benzene rings is 3. The summed E-state index contributed by atoms with van der Waals surface area (Å²) in [5, 5.41) is 12.1. The maximum atomic E-state index is 13.8. The number of aldehydes is 1. The van der Waals surface area contributed by atoms with Crippen molar-refractivity contribution in [2.24, 2.45) is 0 Å². The molecule has 14 heteroatoms. The number of alkyl halides is 1. The van der Waals surface area contributed by atoms with Crippen LogP contribution in [-0.2, 0) is 42.8 Å². The number of carbonyl (C=O) groups is 5. The monoisotopic (exact) mass is 747 g/mol. The summed E-state index contributed by atoms with van der Waals surface area (Å²) in [5.41, 5.74) is 3.96. The number of rotatable bonds is 17. The van der Waals surface area contributed by atoms with Crippen molar-refractivity contribution in [1.82, 2.24) is 10.6 Å². The third kappa shape index (κ3) is 9.65. The van der Waals surface area contributed by atoms with Crippen molar-refractivity contribution >= 4 is 58.6 Å². The Morgan fingerprint density at radius 3 is 2.55 bits per heavy atom. The average molecular weight is 748 g/mol. The van der Waals surface area contributed by atoms with Crippen LogP contribution in [0.15, 0.2) is 54.6 Å². The summed E-state index contributed by atoms with van der Waals surface area (Å²) >= 11 is 6.21. The zero-order valence-corrected chi connectivity index (χ0v) is 31.1. The highest BCUT2D eigenvalue weighted by atomic mass is 35.5. The van der Waals surface area contributed by atoms with Gasteiger partial charge in [0.05, 0.1) is 37.6 Å². The molecule has 3 aromatic rings. The van der Waals surface area contributed by atoms with Gasteiger partial charge in [-0.05, 0) is 74.1 Å². The summed E-state index contributed by atoms with van der Waals surface area (Å²) in [4.78, 5) is 64.5. The van der Waals surface area contributed by atoms with E-state index in [9.17, 15) is 24.0 Å². The second kappa shape index (κ2) is 17.6. The lowest BCUT2D eigenvalue weighted by Crippen LogP contribution is -2.56. The van der Waals surface area contributed by atoms with Gasteiger partial charge in [0, 0.05) is 49.3 Å². The Morgan fingerprint density at radius 1 is 1.06 bits per heavy atom. The molecule has 53 heavy (non-hydrogen) atoms. The predicted molar refractivity (Wildman–Crippen MR) is 202 cm³/mol. The van der Waals surface area contributed by atoms with Crippen LogP contribution in [0.5, 0.6) is 11.5 Å². The van der Waals surface area contributed by atoms with E-state index in [1.54, 1.807) is 38.1 Å². The summed E-state index contributed by atoms with van der Waals surface area (Å²) < 4.78 is 16.5. The molecule has 3 amide bonds. The Morgan fingerprint density at radius 2 is 1.81 bits per heavy atom. The first-order chi connectivity index (χ1) is 25.5. The lowest BCUT2D eigenvalue weighted by atomic mass is 10.0. The van der Waals surface area contributed by atoms with E-state index in [0.29, 0.717) is 54.1 Å². The molecule has 0 saturated heterocycles. The molecule has 0 fully saturated rings. The number of fused-ring (bicyclic) bond motifs is 4. The standard InChI is InChI=1S/C39H46ClN5O8/c1-24(42-22-39(2,23-46)44-35(47)11-7-8-12-36(48)52-4)37(49)43-28-14-25(19-40)13-26(15-28)21-53-34-18-31-30(17-33(34)51-3)38(50)45-29(20-41-31)16-27-9-5-6-10-32(27)45/h5-6,9-10,13-15,17-18,23-24,29,41-42H,7-8,11-12,16,19-22H2,1-4H3,(H,43,49)(H,44,47)/t24-,29-,39+/m0/s1. The lowest BCUT2D eigenvalue weighted by Gasteiger charge is -2.27. The van der Waals surface area contributed by atoms with Gasteiger partial charge in [0.1, 0.15) is 18.4 Å². The number of hydrogen-bond acceptors (Lipinski definition) is 10. The molecule has 3 atom stereocenters. The minimum atomic E-state index is -1.25. The van der Waals surface area contributed by atoms with E-state index in [0.717, 1.165) is 28.8 Å². The molecule has 0 aromatic heterocycles. The predicted octanol–water partition coefficient (Wildman–Crippen LogP) is 4.73. The van der Waals surface area contributed by atoms with Crippen LogP contribution in [0.2, 0.25) is 0 Å². The van der Waals surface area contributed by atoms with Gasteiger partial charge >= 0.3 is 5.97 Å². The highest BCUT2D eigenvalue weighted by Gasteiger charge is 2.37. The maximum Gasteiger partial charge on any atom is 0.305 e. The first-order valence-electron chi connectivity index (χ1n) is 17.5. The molecule has 3 aromatic carbocycles. The van der Waals surface area contributed by atoms with Crippen molar-refractivity contribution in [1.29, 1.82) is 0 Å². The van der Waals surface area contributed by atoms with Gasteiger partial charge in [0.25, 0.3) is 5.91 Å². The topological polar surface area (TPSA) is 164 Å². The molecule has 13 nitrogen and oxygen atoms in total. The summed E-state index contributed by atoms with van der Waals surface area (Å²) in [6.45, 7) is 3.92. The summed E-state index contributed by atoms with van der Waals surface area (Å²) in [6, 6.07) is 16.1. The Bertz CT molecular complexity index is 1850. The van der Waals surface area contributed by atoms with Gasteiger partial charge in [0.2, 0.25) is 11.8 Å². The van der Waals surface area contributed by atoms with Crippen molar-refractivity contribution < 1.29 is 38.2 Å². The van der Waals surface area contributed by atoms with Crippen LogP contribution in [0.3, 0.4) is 0 Å². The Kier molecular flexibility index (Phi) is 13.0. The maximum absolute atomic E-state index is 13.8. The number of esters is 1. The molecule has 0 spiro atoms. The van der Waals surface area contributed by atoms with Crippen molar-refractivity contribution in [3.05, 3.63) is 76.9 Å². The van der Waals surface area contributed by atoms with Crippen LogP contribution in [0.4, 0.5) is 17.1 Å². The number of hydrogen-bond donors (Lipinski definition) is 4. The van der Waals surface area contributed by atoms with Gasteiger partial charge in [-0.3, -0.25) is 19.2 Å². The van der Waals surface area contributed by atoms with Crippen molar-refractivity contribution in [2.75, 3.05) is 42.8 Å². The van der Waals surface area contributed by atoms with E-state index in [1.807, 2.05) is 29.2 Å². The van der Waals surface area contributed by atoms with Crippen LogP contribution in [0, 0.1) is 0 Å². The van der Waals surface area contributed by atoms with Crippen LogP contribution < -0.4 is 35.6 Å². The number of nitrogens with zero attached hydrogens (tertiary/aromatic N) is 1. The van der Waals surface area contributed by atoms with E-state index in [-0.39, 0.29) is 61.6 Å². The molecule has 0 bridgehead atoms. The highest BCUT2D eigenvalue weighted by molar-refractivity contribution is 6.17. The number of carbonyl (C=O) groups excluding carboxylic acids is 5. The number of halogens is 1. The third-order valence-electron chi connectivity index (χ3n) is 9.34. The van der Waals surface area contributed by atoms with Crippen LogP contribution in [0.1, 0.15) is 66.6 Å². The van der Waals surface area contributed by atoms with Gasteiger partial charge in [-0.2, -0.15) is 0 Å². The van der Waals surface area contributed by atoms with E-state index < -0.39 is 11.6 Å². The fourth-order valence-electron chi connectivity index (χ4n) is 6.43. The zero-order chi connectivity index (χ0) is 38.1. The molecular formula is C39H46ClN5O8. The summed E-state index contributed by atoms with van der Waals surface area (Å²) in [6.07, 6.45) is 2.71. The Balaban J connectivity index is 1.19.